The fourth-order valence-electron chi connectivity index (χ4n) is 1.72. The lowest BCUT2D eigenvalue weighted by molar-refractivity contribution is -0.138. The number of halogens is 3. The van der Waals surface area contributed by atoms with Crippen molar-refractivity contribution in [1.82, 2.24) is 0 Å². The molecule has 0 radical (unpaired) electrons. The molecular formula is C15H11F3O3S. The summed E-state index contributed by atoms with van der Waals surface area (Å²) in [5, 5.41) is 9.28. The highest BCUT2D eigenvalue weighted by Gasteiger charge is 2.34. The number of aromatic hydroxyl groups is 1. The molecule has 0 amide bonds. The van der Waals surface area contributed by atoms with E-state index in [0.29, 0.717) is 15.4 Å². The monoisotopic (exact) mass is 328 g/mol. The molecule has 0 aliphatic heterocycles. The minimum absolute atomic E-state index is 0.330. The van der Waals surface area contributed by atoms with Gasteiger partial charge in [0.25, 0.3) is 0 Å². The van der Waals surface area contributed by atoms with E-state index in [1.54, 1.807) is 12.1 Å². The molecule has 7 heteroatoms. The van der Waals surface area contributed by atoms with Crippen LogP contribution in [0.3, 0.4) is 0 Å². The van der Waals surface area contributed by atoms with Gasteiger partial charge < -0.3 is 9.84 Å². The van der Waals surface area contributed by atoms with Gasteiger partial charge in [-0.15, -0.1) is 0 Å². The zero-order valence-electron chi connectivity index (χ0n) is 11.3. The molecule has 2 aromatic rings. The number of hydrogen-bond donors (Lipinski definition) is 1. The van der Waals surface area contributed by atoms with Crippen molar-refractivity contribution in [3.8, 4) is 5.75 Å². The molecule has 2 rings (SSSR count). The van der Waals surface area contributed by atoms with Crippen LogP contribution in [0.2, 0.25) is 0 Å². The number of alkyl halides is 3. The fraction of sp³-hybridized carbons (Fsp3) is 0.133. The van der Waals surface area contributed by atoms with Gasteiger partial charge in [0.15, 0.2) is 0 Å². The van der Waals surface area contributed by atoms with Gasteiger partial charge in [0.1, 0.15) is 5.75 Å². The minimum atomic E-state index is -4.62. The van der Waals surface area contributed by atoms with E-state index in [-0.39, 0.29) is 0 Å². The Morgan fingerprint density at radius 2 is 1.68 bits per heavy atom. The third-order valence-electron chi connectivity index (χ3n) is 2.78. The van der Waals surface area contributed by atoms with Crippen LogP contribution in [-0.2, 0) is 10.9 Å². The number of phenols is 1. The van der Waals surface area contributed by atoms with Crippen LogP contribution < -0.4 is 0 Å². The maximum atomic E-state index is 12.7. The van der Waals surface area contributed by atoms with Crippen LogP contribution in [-0.4, -0.2) is 18.2 Å². The molecule has 0 aliphatic carbocycles. The third-order valence-corrected chi connectivity index (χ3v) is 3.78. The van der Waals surface area contributed by atoms with Crippen molar-refractivity contribution in [2.75, 3.05) is 7.11 Å². The minimum Gasteiger partial charge on any atom is -0.507 e. The summed E-state index contributed by atoms with van der Waals surface area (Å²) in [5.74, 6) is -1.29. The van der Waals surface area contributed by atoms with Crippen molar-refractivity contribution in [3.05, 3.63) is 53.6 Å². The molecule has 0 fully saturated rings. The van der Waals surface area contributed by atoms with Crippen LogP contribution in [0.4, 0.5) is 13.2 Å². The van der Waals surface area contributed by atoms with Gasteiger partial charge in [0.2, 0.25) is 0 Å². The first kappa shape index (κ1) is 16.2. The van der Waals surface area contributed by atoms with Crippen molar-refractivity contribution >= 4 is 17.7 Å². The van der Waals surface area contributed by atoms with Crippen molar-refractivity contribution in [2.24, 2.45) is 0 Å². The number of methoxy groups -OCH3 is 1. The van der Waals surface area contributed by atoms with Gasteiger partial charge in [0.05, 0.1) is 18.2 Å². The maximum absolute atomic E-state index is 12.7. The Balaban J connectivity index is 2.22. The first-order chi connectivity index (χ1) is 10.3. The number of rotatable bonds is 3. The first-order valence-corrected chi connectivity index (χ1v) is 6.89. The molecular weight excluding hydrogens is 317 g/mol. The van der Waals surface area contributed by atoms with E-state index in [2.05, 4.69) is 4.74 Å². The Bertz CT molecular complexity index is 681. The summed E-state index contributed by atoms with van der Waals surface area (Å²) in [6, 6.07) is 9.55. The number of carbonyl (C=O) groups excluding carboxylic acids is 1. The van der Waals surface area contributed by atoms with Crippen LogP contribution in [0.15, 0.2) is 52.3 Å². The summed E-state index contributed by atoms with van der Waals surface area (Å²) in [5.41, 5.74) is -0.725. The van der Waals surface area contributed by atoms with Gasteiger partial charge in [-0.2, -0.15) is 13.2 Å². The molecule has 0 spiro atoms. The number of benzene rings is 2. The highest BCUT2D eigenvalue weighted by Crippen LogP contribution is 2.39. The molecule has 0 aromatic heterocycles. The Labute approximate surface area is 128 Å². The zero-order chi connectivity index (χ0) is 16.3. The van der Waals surface area contributed by atoms with Gasteiger partial charge in [-0.05, 0) is 42.5 Å². The quantitative estimate of drug-likeness (QED) is 0.851. The van der Waals surface area contributed by atoms with Crippen molar-refractivity contribution in [3.63, 3.8) is 0 Å². The van der Waals surface area contributed by atoms with Gasteiger partial charge in [-0.25, -0.2) is 4.79 Å². The second-order valence-corrected chi connectivity index (χ2v) is 5.44. The molecule has 0 saturated heterocycles. The number of ether oxygens (including phenoxy) is 1. The first-order valence-electron chi connectivity index (χ1n) is 6.07. The van der Waals surface area contributed by atoms with Crippen LogP contribution in [0, 0.1) is 0 Å². The number of hydrogen-bond acceptors (Lipinski definition) is 4. The van der Waals surface area contributed by atoms with Crippen molar-refractivity contribution in [2.45, 2.75) is 16.0 Å². The number of carbonyl (C=O) groups is 1. The second-order valence-electron chi connectivity index (χ2n) is 4.29. The molecule has 0 bridgehead atoms. The van der Waals surface area contributed by atoms with E-state index in [1.807, 2.05) is 0 Å². The van der Waals surface area contributed by atoms with Crippen molar-refractivity contribution in [1.29, 1.82) is 0 Å². The number of esters is 1. The highest BCUT2D eigenvalue weighted by molar-refractivity contribution is 7.99. The largest absolute Gasteiger partial charge is 0.507 e. The van der Waals surface area contributed by atoms with Crippen molar-refractivity contribution < 1.29 is 27.8 Å². The molecule has 0 heterocycles. The maximum Gasteiger partial charge on any atom is 0.419 e. The Morgan fingerprint density at radius 3 is 2.23 bits per heavy atom. The van der Waals surface area contributed by atoms with Gasteiger partial charge in [-0.3, -0.25) is 0 Å². The Hall–Kier alpha value is -2.15. The molecule has 0 saturated carbocycles. The van der Waals surface area contributed by atoms with Crippen LogP contribution >= 0.6 is 11.8 Å². The molecule has 0 atom stereocenters. The summed E-state index contributed by atoms with van der Waals surface area (Å²) in [6.45, 7) is 0. The summed E-state index contributed by atoms with van der Waals surface area (Å²) in [4.78, 5) is 12.3. The van der Waals surface area contributed by atoms with Gasteiger partial charge >= 0.3 is 12.1 Å². The van der Waals surface area contributed by atoms with E-state index >= 15 is 0 Å². The predicted molar refractivity (Wildman–Crippen MR) is 75.0 cm³/mol. The molecule has 1 N–H and O–H groups in total. The highest BCUT2D eigenvalue weighted by atomic mass is 32.2. The molecule has 116 valence electrons. The fourth-order valence-corrected chi connectivity index (χ4v) is 2.58. The standard InChI is InChI=1S/C15H11F3O3S/c1-21-14(20)9-2-4-10(5-3-9)22-11-6-7-13(19)12(8-11)15(16,17)18/h2-8,19H,1H3. The van der Waals surface area contributed by atoms with E-state index in [0.717, 1.165) is 23.9 Å². The van der Waals surface area contributed by atoms with Gasteiger partial charge in [-0.1, -0.05) is 11.8 Å². The van der Waals surface area contributed by atoms with E-state index in [4.69, 9.17) is 0 Å². The lowest BCUT2D eigenvalue weighted by Crippen LogP contribution is -2.05. The van der Waals surface area contributed by atoms with Gasteiger partial charge in [0, 0.05) is 9.79 Å². The Morgan fingerprint density at radius 1 is 1.09 bits per heavy atom. The summed E-state index contributed by atoms with van der Waals surface area (Å²) >= 11 is 1.09. The lowest BCUT2D eigenvalue weighted by atomic mass is 10.2. The van der Waals surface area contributed by atoms with Crippen LogP contribution in [0.25, 0.3) is 0 Å². The third kappa shape index (κ3) is 3.73. The van der Waals surface area contributed by atoms with E-state index in [9.17, 15) is 23.1 Å². The predicted octanol–water partition coefficient (Wildman–Crippen LogP) is 4.35. The lowest BCUT2D eigenvalue weighted by Gasteiger charge is -2.10. The molecule has 2 aromatic carbocycles. The molecule has 22 heavy (non-hydrogen) atoms. The average Bonchev–Trinajstić information content (AvgIpc) is 2.48. The molecule has 3 nitrogen and oxygen atoms in total. The SMILES string of the molecule is COC(=O)c1ccc(Sc2ccc(O)c(C(F)(F)F)c2)cc1. The summed E-state index contributed by atoms with van der Waals surface area (Å²) in [7, 11) is 1.26. The summed E-state index contributed by atoms with van der Waals surface area (Å²) in [6.07, 6.45) is -4.62. The average molecular weight is 328 g/mol. The topological polar surface area (TPSA) is 46.5 Å². The smallest absolute Gasteiger partial charge is 0.419 e. The summed E-state index contributed by atoms with van der Waals surface area (Å²) < 4.78 is 42.7. The second kappa shape index (κ2) is 6.31. The zero-order valence-corrected chi connectivity index (χ0v) is 12.2. The van der Waals surface area contributed by atoms with E-state index in [1.165, 1.54) is 25.3 Å². The Kier molecular flexibility index (Phi) is 4.65. The number of phenolic OH excluding ortho intramolecular Hbond substituents is 1. The van der Waals surface area contributed by atoms with Crippen LogP contribution in [0.1, 0.15) is 15.9 Å². The molecule has 0 unspecified atom stereocenters. The van der Waals surface area contributed by atoms with Crippen LogP contribution in [0.5, 0.6) is 5.75 Å². The normalized spacial score (nSPS) is 11.3. The molecule has 0 aliphatic rings. The van der Waals surface area contributed by atoms with E-state index < -0.39 is 23.5 Å².